The molecule has 0 saturated heterocycles. The Kier molecular flexibility index (Phi) is 8.76. The van der Waals surface area contributed by atoms with Crippen molar-refractivity contribution in [2.75, 3.05) is 0 Å². The summed E-state index contributed by atoms with van der Waals surface area (Å²) in [6, 6.07) is 63.8. The first kappa shape index (κ1) is 35.0. The van der Waals surface area contributed by atoms with Gasteiger partial charge in [-0.15, -0.1) is 0 Å². The maximum atomic E-state index is 14.8. The van der Waals surface area contributed by atoms with Crippen LogP contribution < -0.4 is 0 Å². The zero-order valence-electron chi connectivity index (χ0n) is 32.1. The van der Waals surface area contributed by atoms with E-state index in [1.54, 1.807) is 12.1 Å². The van der Waals surface area contributed by atoms with Crippen LogP contribution in [0.4, 0.5) is 4.39 Å². The number of hydrogen-bond acceptors (Lipinski definition) is 3. The molecule has 4 nitrogen and oxygen atoms in total. The molecule has 276 valence electrons. The van der Waals surface area contributed by atoms with Crippen molar-refractivity contribution in [3.63, 3.8) is 0 Å². The fourth-order valence-corrected chi connectivity index (χ4v) is 7.81. The van der Waals surface area contributed by atoms with Gasteiger partial charge in [0.1, 0.15) is 5.82 Å². The van der Waals surface area contributed by atoms with Crippen LogP contribution in [0.1, 0.15) is 11.1 Å². The maximum Gasteiger partial charge on any atom is 0.166 e. The standard InChI is InChI=1S/C53H37FN4/c1-34-16-20-36(21-17-34)41-24-27-45-46-28-25-42(37-22-18-35(2)19-23-37)32-49(46)58(48(45)31-41)50-33-43(40-14-9-15-44(54)30-40)26-29-47(50)53-56-51(38-10-5-3-6-11-38)55-52(57-53)39-12-7-4-8-13-39/h3-33H,1-2H3. The molecule has 58 heavy (non-hydrogen) atoms. The van der Waals surface area contributed by atoms with Gasteiger partial charge in [0.15, 0.2) is 17.5 Å². The maximum absolute atomic E-state index is 14.8. The molecule has 0 saturated carbocycles. The lowest BCUT2D eigenvalue weighted by Gasteiger charge is -2.17. The monoisotopic (exact) mass is 748 g/mol. The molecule has 10 aromatic rings. The van der Waals surface area contributed by atoms with Crippen molar-refractivity contribution in [1.29, 1.82) is 0 Å². The highest BCUT2D eigenvalue weighted by molar-refractivity contribution is 6.11. The number of nitrogens with zero attached hydrogens (tertiary/aromatic N) is 4. The molecule has 10 rings (SSSR count). The second-order valence-corrected chi connectivity index (χ2v) is 14.8. The minimum absolute atomic E-state index is 0.289. The van der Waals surface area contributed by atoms with E-state index < -0.39 is 0 Å². The molecule has 0 unspecified atom stereocenters. The topological polar surface area (TPSA) is 43.6 Å². The van der Waals surface area contributed by atoms with Gasteiger partial charge in [-0.3, -0.25) is 0 Å². The Morgan fingerprint density at radius 1 is 0.362 bits per heavy atom. The number of aromatic nitrogens is 4. The first-order chi connectivity index (χ1) is 28.4. The van der Waals surface area contributed by atoms with Crippen molar-refractivity contribution in [1.82, 2.24) is 19.5 Å². The van der Waals surface area contributed by atoms with Gasteiger partial charge in [-0.05, 0) is 83.6 Å². The highest BCUT2D eigenvalue weighted by Gasteiger charge is 2.21. The highest BCUT2D eigenvalue weighted by atomic mass is 19.1. The van der Waals surface area contributed by atoms with Crippen molar-refractivity contribution < 1.29 is 4.39 Å². The Morgan fingerprint density at radius 2 is 0.793 bits per heavy atom. The summed E-state index contributed by atoms with van der Waals surface area (Å²) >= 11 is 0. The van der Waals surface area contributed by atoms with E-state index >= 15 is 0 Å². The number of fused-ring (bicyclic) bond motifs is 3. The average Bonchev–Trinajstić information content (AvgIpc) is 3.60. The van der Waals surface area contributed by atoms with Crippen LogP contribution >= 0.6 is 0 Å². The minimum atomic E-state index is -0.289. The number of rotatable bonds is 7. The first-order valence-electron chi connectivity index (χ1n) is 19.5. The molecule has 2 aromatic heterocycles. The fraction of sp³-hybridized carbons (Fsp3) is 0.0377. The van der Waals surface area contributed by atoms with Crippen LogP contribution in [0.5, 0.6) is 0 Å². The lowest BCUT2D eigenvalue weighted by molar-refractivity contribution is 0.628. The van der Waals surface area contributed by atoms with E-state index in [0.29, 0.717) is 17.5 Å². The van der Waals surface area contributed by atoms with Crippen LogP contribution in [0.25, 0.3) is 95.0 Å². The van der Waals surface area contributed by atoms with Crippen LogP contribution in [0.2, 0.25) is 0 Å². The van der Waals surface area contributed by atoms with Crippen LogP contribution in [0.15, 0.2) is 188 Å². The van der Waals surface area contributed by atoms with Gasteiger partial charge in [-0.25, -0.2) is 19.3 Å². The molecule has 0 atom stereocenters. The molecule has 0 bridgehead atoms. The summed E-state index contributed by atoms with van der Waals surface area (Å²) in [5, 5.41) is 2.24. The molecule has 0 amide bonds. The van der Waals surface area contributed by atoms with E-state index in [1.165, 1.54) is 17.2 Å². The van der Waals surface area contributed by atoms with Gasteiger partial charge >= 0.3 is 0 Å². The van der Waals surface area contributed by atoms with Gasteiger partial charge in [-0.2, -0.15) is 0 Å². The van der Waals surface area contributed by atoms with Gasteiger partial charge in [0.05, 0.1) is 16.7 Å². The van der Waals surface area contributed by atoms with E-state index in [9.17, 15) is 4.39 Å². The minimum Gasteiger partial charge on any atom is -0.308 e. The summed E-state index contributed by atoms with van der Waals surface area (Å²) < 4.78 is 17.2. The van der Waals surface area contributed by atoms with E-state index in [0.717, 1.165) is 77.6 Å². The van der Waals surface area contributed by atoms with E-state index in [-0.39, 0.29) is 5.82 Å². The number of benzene rings is 8. The molecule has 0 N–H and O–H groups in total. The number of hydrogen-bond donors (Lipinski definition) is 0. The molecular formula is C53H37FN4. The lowest BCUT2D eigenvalue weighted by Crippen LogP contribution is -2.04. The van der Waals surface area contributed by atoms with Crippen molar-refractivity contribution in [3.8, 4) is 73.2 Å². The van der Waals surface area contributed by atoms with Gasteiger partial charge in [0.2, 0.25) is 0 Å². The Hall–Kier alpha value is -7.50. The lowest BCUT2D eigenvalue weighted by atomic mass is 10.0. The van der Waals surface area contributed by atoms with Crippen LogP contribution in [-0.4, -0.2) is 19.5 Å². The first-order valence-corrected chi connectivity index (χ1v) is 19.5. The second-order valence-electron chi connectivity index (χ2n) is 14.8. The SMILES string of the molecule is Cc1ccc(-c2ccc3c4ccc(-c5ccc(C)cc5)cc4n(-c4cc(-c5cccc(F)c5)ccc4-c4nc(-c5ccccc5)nc(-c5ccccc5)n4)c3c2)cc1. The predicted octanol–water partition coefficient (Wildman–Crippen LogP) is 13.7. The predicted molar refractivity (Wildman–Crippen MR) is 236 cm³/mol. The van der Waals surface area contributed by atoms with Gasteiger partial charge in [0.25, 0.3) is 0 Å². The highest BCUT2D eigenvalue weighted by Crippen LogP contribution is 2.41. The molecule has 0 aliphatic carbocycles. The molecule has 5 heteroatoms. The van der Waals surface area contributed by atoms with E-state index in [4.69, 9.17) is 15.0 Å². The Balaban J connectivity index is 1.31. The van der Waals surface area contributed by atoms with Crippen LogP contribution in [0, 0.1) is 19.7 Å². The summed E-state index contributed by atoms with van der Waals surface area (Å²) in [6.07, 6.45) is 0. The third-order valence-electron chi connectivity index (χ3n) is 10.9. The normalized spacial score (nSPS) is 11.4. The summed E-state index contributed by atoms with van der Waals surface area (Å²) in [5.41, 5.74) is 14.1. The zero-order chi connectivity index (χ0) is 39.2. The fourth-order valence-electron chi connectivity index (χ4n) is 7.81. The second kappa shape index (κ2) is 14.5. The quantitative estimate of drug-likeness (QED) is 0.163. The molecule has 2 heterocycles. The van der Waals surface area contributed by atoms with Gasteiger partial charge in [0, 0.05) is 27.5 Å². The third-order valence-corrected chi connectivity index (χ3v) is 10.9. The number of halogens is 1. The molecule has 0 aliphatic heterocycles. The molecule has 0 radical (unpaired) electrons. The summed E-state index contributed by atoms with van der Waals surface area (Å²) in [7, 11) is 0. The van der Waals surface area contributed by atoms with Crippen LogP contribution in [-0.2, 0) is 0 Å². The smallest absolute Gasteiger partial charge is 0.166 e. The largest absolute Gasteiger partial charge is 0.308 e. The summed E-state index contributed by atoms with van der Waals surface area (Å²) in [6.45, 7) is 4.22. The van der Waals surface area contributed by atoms with Crippen LogP contribution in [0.3, 0.4) is 0 Å². The number of aryl methyl sites for hydroxylation is 2. The van der Waals surface area contributed by atoms with Crippen molar-refractivity contribution in [2.45, 2.75) is 13.8 Å². The molecule has 0 spiro atoms. The molecule has 0 aliphatic rings. The van der Waals surface area contributed by atoms with Crippen molar-refractivity contribution >= 4 is 21.8 Å². The Labute approximate surface area is 336 Å². The van der Waals surface area contributed by atoms with E-state index in [2.05, 4.69) is 115 Å². The Bertz CT molecular complexity index is 2950. The van der Waals surface area contributed by atoms with E-state index in [1.807, 2.05) is 72.8 Å². The summed E-state index contributed by atoms with van der Waals surface area (Å²) in [4.78, 5) is 15.4. The van der Waals surface area contributed by atoms with Crippen molar-refractivity contribution in [2.24, 2.45) is 0 Å². The summed E-state index contributed by atoms with van der Waals surface area (Å²) in [5.74, 6) is 1.40. The van der Waals surface area contributed by atoms with Gasteiger partial charge in [-0.1, -0.05) is 163 Å². The third kappa shape index (κ3) is 6.53. The molecule has 8 aromatic carbocycles. The van der Waals surface area contributed by atoms with Gasteiger partial charge < -0.3 is 4.57 Å². The van der Waals surface area contributed by atoms with Crippen molar-refractivity contribution in [3.05, 3.63) is 205 Å². The molecule has 0 fully saturated rings. The molecular weight excluding hydrogens is 712 g/mol. The Morgan fingerprint density at radius 3 is 1.31 bits per heavy atom. The zero-order valence-corrected chi connectivity index (χ0v) is 32.1. The average molecular weight is 749 g/mol.